The number of hydrogen-bond donors (Lipinski definition) is 1. The molecular weight excluding hydrogens is 200 g/mol. The number of rotatable bonds is 8. The van der Waals surface area contributed by atoms with Gasteiger partial charge in [-0.15, -0.1) is 23.5 Å². The fraction of sp³-hybridized carbons (Fsp3) is 1.00. The summed E-state index contributed by atoms with van der Waals surface area (Å²) in [5, 5.41) is 3.82. The van der Waals surface area contributed by atoms with Crippen LogP contribution in [0.15, 0.2) is 0 Å². The number of nitrogens with zero attached hydrogens (tertiary/aromatic N) is 1. The molecule has 80 valence electrons. The summed E-state index contributed by atoms with van der Waals surface area (Å²) in [5.74, 6) is 3.69. The highest BCUT2D eigenvalue weighted by atomic mass is 32.2. The lowest BCUT2D eigenvalue weighted by Gasteiger charge is -2.10. The van der Waals surface area contributed by atoms with Gasteiger partial charge in [0.05, 0.1) is 5.37 Å². The minimum absolute atomic E-state index is 0.596. The van der Waals surface area contributed by atoms with E-state index in [-0.39, 0.29) is 0 Å². The fourth-order valence-corrected chi connectivity index (χ4v) is 2.61. The van der Waals surface area contributed by atoms with Crippen molar-refractivity contribution in [2.24, 2.45) is 0 Å². The molecule has 0 aromatic carbocycles. The molecule has 1 atom stereocenters. The van der Waals surface area contributed by atoms with Gasteiger partial charge in [0.2, 0.25) is 0 Å². The second kappa shape index (κ2) is 9.19. The maximum Gasteiger partial charge on any atom is 0.0501 e. The van der Waals surface area contributed by atoms with Gasteiger partial charge in [-0.2, -0.15) is 0 Å². The average Bonchev–Trinajstić information content (AvgIpc) is 2.10. The monoisotopic (exact) mass is 222 g/mol. The third kappa shape index (κ3) is 10.5. The molecule has 13 heavy (non-hydrogen) atoms. The summed E-state index contributed by atoms with van der Waals surface area (Å²) < 4.78 is 0. The van der Waals surface area contributed by atoms with Gasteiger partial charge in [0.1, 0.15) is 0 Å². The van der Waals surface area contributed by atoms with E-state index < -0.39 is 0 Å². The first-order chi connectivity index (χ1) is 6.16. The van der Waals surface area contributed by atoms with Crippen LogP contribution in [-0.2, 0) is 0 Å². The van der Waals surface area contributed by atoms with Crippen molar-refractivity contribution in [3.8, 4) is 0 Å². The summed E-state index contributed by atoms with van der Waals surface area (Å²) >= 11 is 4.01. The molecule has 0 aromatic rings. The Labute approximate surface area is 91.2 Å². The molecule has 0 saturated heterocycles. The maximum atomic E-state index is 3.22. The van der Waals surface area contributed by atoms with Crippen LogP contribution in [0.25, 0.3) is 0 Å². The van der Waals surface area contributed by atoms with Crippen LogP contribution in [0, 0.1) is 0 Å². The van der Waals surface area contributed by atoms with Crippen molar-refractivity contribution in [2.75, 3.05) is 38.5 Å². The molecule has 0 aliphatic carbocycles. The van der Waals surface area contributed by atoms with Crippen molar-refractivity contribution in [2.45, 2.75) is 18.7 Å². The topological polar surface area (TPSA) is 15.3 Å². The van der Waals surface area contributed by atoms with E-state index >= 15 is 0 Å². The Morgan fingerprint density at radius 1 is 1.31 bits per heavy atom. The van der Waals surface area contributed by atoms with Crippen molar-refractivity contribution in [3.05, 3.63) is 0 Å². The Balaban J connectivity index is 2.99. The SMILES string of the molecule is CNC(C)SCCCSCN(C)C. The predicted molar refractivity (Wildman–Crippen MR) is 66.6 cm³/mol. The van der Waals surface area contributed by atoms with Gasteiger partial charge in [0.25, 0.3) is 0 Å². The molecular formula is C9H22N2S2. The van der Waals surface area contributed by atoms with Crippen LogP contribution < -0.4 is 5.32 Å². The summed E-state index contributed by atoms with van der Waals surface area (Å²) in [7, 11) is 6.24. The van der Waals surface area contributed by atoms with Gasteiger partial charge in [0.15, 0.2) is 0 Å². The van der Waals surface area contributed by atoms with Gasteiger partial charge in [-0.3, -0.25) is 0 Å². The highest BCUT2D eigenvalue weighted by molar-refractivity contribution is 8.00. The molecule has 1 unspecified atom stereocenters. The Morgan fingerprint density at radius 2 is 2.00 bits per heavy atom. The molecule has 0 fully saturated rings. The minimum atomic E-state index is 0.596. The zero-order chi connectivity index (χ0) is 10.1. The van der Waals surface area contributed by atoms with Gasteiger partial charge in [-0.1, -0.05) is 0 Å². The van der Waals surface area contributed by atoms with Gasteiger partial charge >= 0.3 is 0 Å². The molecule has 0 spiro atoms. The molecule has 0 radical (unpaired) electrons. The minimum Gasteiger partial charge on any atom is -0.309 e. The summed E-state index contributed by atoms with van der Waals surface area (Å²) in [6, 6.07) is 0. The Hall–Kier alpha value is 0.620. The number of thioether (sulfide) groups is 2. The highest BCUT2D eigenvalue weighted by Crippen LogP contribution is 2.11. The van der Waals surface area contributed by atoms with E-state index in [1.165, 1.54) is 17.9 Å². The lowest BCUT2D eigenvalue weighted by Crippen LogP contribution is -2.17. The van der Waals surface area contributed by atoms with Crippen LogP contribution in [-0.4, -0.2) is 48.8 Å². The fourth-order valence-electron chi connectivity index (χ4n) is 0.752. The van der Waals surface area contributed by atoms with Crippen molar-refractivity contribution in [3.63, 3.8) is 0 Å². The zero-order valence-corrected chi connectivity index (χ0v) is 10.8. The van der Waals surface area contributed by atoms with Crippen molar-refractivity contribution < 1.29 is 0 Å². The van der Waals surface area contributed by atoms with Crippen LogP contribution in [0.2, 0.25) is 0 Å². The first kappa shape index (κ1) is 13.6. The summed E-state index contributed by atoms with van der Waals surface area (Å²) in [5.41, 5.74) is 0. The Kier molecular flexibility index (Phi) is 9.62. The molecule has 4 heteroatoms. The van der Waals surface area contributed by atoms with Crippen molar-refractivity contribution in [1.29, 1.82) is 0 Å². The predicted octanol–water partition coefficient (Wildman–Crippen LogP) is 1.93. The summed E-state index contributed by atoms with van der Waals surface area (Å²) in [6.07, 6.45) is 1.31. The van der Waals surface area contributed by atoms with Crippen LogP contribution >= 0.6 is 23.5 Å². The molecule has 0 aliphatic rings. The van der Waals surface area contributed by atoms with E-state index in [1.807, 2.05) is 30.6 Å². The normalized spacial score (nSPS) is 13.6. The molecule has 0 saturated carbocycles. The van der Waals surface area contributed by atoms with E-state index in [9.17, 15) is 0 Å². The largest absolute Gasteiger partial charge is 0.309 e. The third-order valence-electron chi connectivity index (χ3n) is 1.56. The smallest absolute Gasteiger partial charge is 0.0501 e. The van der Waals surface area contributed by atoms with Crippen molar-refractivity contribution in [1.82, 2.24) is 10.2 Å². The quantitative estimate of drug-likeness (QED) is 0.498. The number of hydrogen-bond acceptors (Lipinski definition) is 4. The first-order valence-electron chi connectivity index (χ1n) is 4.68. The van der Waals surface area contributed by atoms with Crippen LogP contribution in [0.3, 0.4) is 0 Å². The van der Waals surface area contributed by atoms with E-state index in [1.54, 1.807) is 0 Å². The Morgan fingerprint density at radius 3 is 2.54 bits per heavy atom. The first-order valence-corrected chi connectivity index (χ1v) is 6.88. The summed E-state index contributed by atoms with van der Waals surface area (Å²) in [4.78, 5) is 2.22. The van der Waals surface area contributed by atoms with Gasteiger partial charge < -0.3 is 10.2 Å². The molecule has 1 N–H and O–H groups in total. The average molecular weight is 222 g/mol. The lowest BCUT2D eigenvalue weighted by molar-refractivity contribution is 0.485. The second-order valence-electron chi connectivity index (χ2n) is 3.27. The van der Waals surface area contributed by atoms with Gasteiger partial charge in [-0.25, -0.2) is 0 Å². The molecule has 0 bridgehead atoms. The maximum absolute atomic E-state index is 3.22. The van der Waals surface area contributed by atoms with E-state index in [4.69, 9.17) is 0 Å². The van der Waals surface area contributed by atoms with Crippen LogP contribution in [0.4, 0.5) is 0 Å². The van der Waals surface area contributed by atoms with Crippen LogP contribution in [0.5, 0.6) is 0 Å². The molecule has 0 aromatic heterocycles. The zero-order valence-electron chi connectivity index (χ0n) is 9.17. The molecule has 0 amide bonds. The number of nitrogens with one attached hydrogen (secondary N) is 1. The second-order valence-corrected chi connectivity index (χ2v) is 5.80. The molecule has 0 aliphatic heterocycles. The Bertz CT molecular complexity index is 110. The molecule has 2 nitrogen and oxygen atoms in total. The lowest BCUT2D eigenvalue weighted by atomic mass is 10.6. The highest BCUT2D eigenvalue weighted by Gasteiger charge is 1.97. The van der Waals surface area contributed by atoms with Crippen LogP contribution in [0.1, 0.15) is 13.3 Å². The van der Waals surface area contributed by atoms with E-state index in [0.29, 0.717) is 5.37 Å². The van der Waals surface area contributed by atoms with E-state index in [0.717, 1.165) is 5.88 Å². The van der Waals surface area contributed by atoms with Gasteiger partial charge in [0, 0.05) is 5.88 Å². The molecule has 0 heterocycles. The van der Waals surface area contributed by atoms with Crippen molar-refractivity contribution >= 4 is 23.5 Å². The molecule has 0 rings (SSSR count). The van der Waals surface area contributed by atoms with Gasteiger partial charge in [-0.05, 0) is 46.0 Å². The van der Waals surface area contributed by atoms with E-state index in [2.05, 4.69) is 31.2 Å². The summed E-state index contributed by atoms with van der Waals surface area (Å²) in [6.45, 7) is 2.21. The standard InChI is InChI=1S/C9H22N2S2/c1-9(10-2)13-7-5-6-12-8-11(3)4/h9-10H,5-8H2,1-4H3. The third-order valence-corrected chi connectivity index (χ3v) is 4.09.